The third-order valence-corrected chi connectivity index (χ3v) is 6.31. The van der Waals surface area contributed by atoms with Crippen molar-refractivity contribution >= 4 is 22.9 Å². The zero-order chi connectivity index (χ0) is 20.9. The second-order valence-corrected chi connectivity index (χ2v) is 9.44. The number of benzene rings is 2. The highest BCUT2D eigenvalue weighted by atomic mass is 32.1. The molecule has 5 heteroatoms. The summed E-state index contributed by atoms with van der Waals surface area (Å²) in [5, 5.41) is 11.8. The van der Waals surface area contributed by atoms with Crippen LogP contribution in [0.5, 0.6) is 0 Å². The van der Waals surface area contributed by atoms with Crippen LogP contribution in [0.1, 0.15) is 54.1 Å². The van der Waals surface area contributed by atoms with Gasteiger partial charge in [0.25, 0.3) is 5.91 Å². The first kappa shape index (κ1) is 18.8. The highest BCUT2D eigenvalue weighted by molar-refractivity contribution is 7.08. The number of amides is 1. The summed E-state index contributed by atoms with van der Waals surface area (Å²) >= 11 is 1.68. The average Bonchev–Trinajstić information content (AvgIpc) is 3.46. The first-order valence-corrected chi connectivity index (χ1v) is 11.0. The number of hydrogen-bond acceptors (Lipinski definition) is 3. The number of thiophene rings is 1. The summed E-state index contributed by atoms with van der Waals surface area (Å²) in [5.41, 5.74) is 6.68. The van der Waals surface area contributed by atoms with Crippen molar-refractivity contribution in [3.05, 3.63) is 93.9 Å². The van der Waals surface area contributed by atoms with Gasteiger partial charge in [-0.2, -0.15) is 16.4 Å². The molecule has 0 spiro atoms. The van der Waals surface area contributed by atoms with E-state index < -0.39 is 0 Å². The van der Waals surface area contributed by atoms with Crippen LogP contribution in [0.4, 0.5) is 5.69 Å². The number of hydrogen-bond donors (Lipinski definition) is 1. The van der Waals surface area contributed by atoms with Gasteiger partial charge in [0.1, 0.15) is 0 Å². The van der Waals surface area contributed by atoms with Gasteiger partial charge >= 0.3 is 0 Å². The van der Waals surface area contributed by atoms with Crippen molar-refractivity contribution in [2.45, 2.75) is 32.2 Å². The number of fused-ring (bicyclic) bond motifs is 1. The van der Waals surface area contributed by atoms with E-state index in [2.05, 4.69) is 72.1 Å². The fourth-order valence-electron chi connectivity index (χ4n) is 4.17. The molecule has 0 saturated carbocycles. The summed E-state index contributed by atoms with van der Waals surface area (Å²) in [4.78, 5) is 15.4. The standard InChI is InChI=1S/C25H23N3OS/c1-25(2,3)23-20-21(26-27-23)24(29)28(22(20)17-7-5-4-6-8-17)19-11-9-16(10-12-19)18-13-14-30-15-18/h4-15,22H,1-3H3,(H,26,27). The van der Waals surface area contributed by atoms with E-state index in [0.717, 1.165) is 28.1 Å². The number of aromatic nitrogens is 2. The molecule has 5 rings (SSSR count). The van der Waals surface area contributed by atoms with Gasteiger partial charge in [-0.3, -0.25) is 14.8 Å². The fraction of sp³-hybridized carbons (Fsp3) is 0.200. The van der Waals surface area contributed by atoms with Crippen LogP contribution in [0.25, 0.3) is 11.1 Å². The molecular formula is C25H23N3OS. The second kappa shape index (κ2) is 6.96. The molecule has 0 fully saturated rings. The Balaban J connectivity index is 1.64. The molecule has 30 heavy (non-hydrogen) atoms. The minimum atomic E-state index is -0.200. The van der Waals surface area contributed by atoms with E-state index in [1.807, 2.05) is 35.2 Å². The largest absolute Gasteiger partial charge is 0.295 e. The lowest BCUT2D eigenvalue weighted by atomic mass is 9.85. The monoisotopic (exact) mass is 413 g/mol. The van der Waals surface area contributed by atoms with E-state index in [1.165, 1.54) is 5.56 Å². The molecule has 1 amide bonds. The first-order chi connectivity index (χ1) is 14.4. The Kier molecular flexibility index (Phi) is 4.36. The maximum absolute atomic E-state index is 13.5. The zero-order valence-corrected chi connectivity index (χ0v) is 18.0. The molecule has 150 valence electrons. The predicted molar refractivity (Wildman–Crippen MR) is 122 cm³/mol. The van der Waals surface area contributed by atoms with Gasteiger partial charge in [0.2, 0.25) is 0 Å². The number of anilines is 1. The predicted octanol–water partition coefficient (Wildman–Crippen LogP) is 6.19. The SMILES string of the molecule is CC(C)(C)c1[nH]nc2c1C(c1ccccc1)N(c1ccc(-c3ccsc3)cc1)C2=O. The molecule has 1 unspecified atom stereocenters. The Morgan fingerprint density at radius 1 is 0.967 bits per heavy atom. The molecule has 1 aliphatic rings. The van der Waals surface area contributed by atoms with E-state index in [9.17, 15) is 4.79 Å². The van der Waals surface area contributed by atoms with Crippen LogP contribution in [0.2, 0.25) is 0 Å². The number of H-pyrrole nitrogens is 1. The molecule has 1 N–H and O–H groups in total. The van der Waals surface area contributed by atoms with Crippen molar-refractivity contribution < 1.29 is 4.79 Å². The van der Waals surface area contributed by atoms with Crippen LogP contribution in [0.3, 0.4) is 0 Å². The summed E-state index contributed by atoms with van der Waals surface area (Å²) in [6, 6.07) is 20.4. The zero-order valence-electron chi connectivity index (χ0n) is 17.2. The third-order valence-electron chi connectivity index (χ3n) is 5.62. The van der Waals surface area contributed by atoms with Gasteiger partial charge in [-0.25, -0.2) is 0 Å². The molecule has 0 radical (unpaired) electrons. The van der Waals surface area contributed by atoms with Crippen molar-refractivity contribution in [1.29, 1.82) is 0 Å². The van der Waals surface area contributed by atoms with Crippen LogP contribution in [0.15, 0.2) is 71.4 Å². The third kappa shape index (κ3) is 2.97. The maximum Gasteiger partial charge on any atom is 0.280 e. The molecule has 2 aromatic carbocycles. The molecule has 4 aromatic rings. The van der Waals surface area contributed by atoms with Crippen molar-refractivity contribution in [2.24, 2.45) is 0 Å². The summed E-state index contributed by atoms with van der Waals surface area (Å²) in [5.74, 6) is -0.0612. The second-order valence-electron chi connectivity index (χ2n) is 8.66. The quantitative estimate of drug-likeness (QED) is 0.436. The Labute approximate surface area is 180 Å². The number of nitrogens with one attached hydrogen (secondary N) is 1. The van der Waals surface area contributed by atoms with Crippen molar-refractivity contribution in [1.82, 2.24) is 10.2 Å². The Hall–Kier alpha value is -3.18. The molecule has 1 atom stereocenters. The minimum Gasteiger partial charge on any atom is -0.295 e. The smallest absolute Gasteiger partial charge is 0.280 e. The molecule has 4 nitrogen and oxygen atoms in total. The van der Waals surface area contributed by atoms with Crippen LogP contribution in [0, 0.1) is 0 Å². The Morgan fingerprint density at radius 2 is 1.70 bits per heavy atom. The van der Waals surface area contributed by atoms with Crippen LogP contribution in [-0.4, -0.2) is 16.1 Å². The molecule has 1 aliphatic heterocycles. The Bertz CT molecular complexity index is 1190. The lowest BCUT2D eigenvalue weighted by Gasteiger charge is -2.28. The highest BCUT2D eigenvalue weighted by Gasteiger charge is 2.44. The van der Waals surface area contributed by atoms with Gasteiger partial charge < -0.3 is 0 Å². The lowest BCUT2D eigenvalue weighted by molar-refractivity contribution is 0.0988. The van der Waals surface area contributed by atoms with Gasteiger partial charge in [0.05, 0.1) is 6.04 Å². The fourth-order valence-corrected chi connectivity index (χ4v) is 4.84. The number of carbonyl (C=O) groups is 1. The van der Waals surface area contributed by atoms with Crippen molar-refractivity contribution in [2.75, 3.05) is 4.90 Å². The molecule has 0 bridgehead atoms. The Morgan fingerprint density at radius 3 is 2.33 bits per heavy atom. The normalized spacial score (nSPS) is 16.2. The minimum absolute atomic E-state index is 0.0612. The van der Waals surface area contributed by atoms with E-state index in [-0.39, 0.29) is 17.4 Å². The molecule has 2 aromatic heterocycles. The molecular weight excluding hydrogens is 390 g/mol. The first-order valence-electron chi connectivity index (χ1n) is 10.0. The van der Waals surface area contributed by atoms with Crippen molar-refractivity contribution in [3.8, 4) is 11.1 Å². The summed E-state index contributed by atoms with van der Waals surface area (Å²) in [6.07, 6.45) is 0. The molecule has 3 heterocycles. The number of nitrogens with zero attached hydrogens (tertiary/aromatic N) is 2. The number of carbonyl (C=O) groups excluding carboxylic acids is 1. The number of rotatable bonds is 3. The van der Waals surface area contributed by atoms with Gasteiger partial charge in [-0.05, 0) is 45.6 Å². The van der Waals surface area contributed by atoms with Gasteiger partial charge in [0, 0.05) is 22.4 Å². The molecule has 0 saturated heterocycles. The molecule has 0 aliphatic carbocycles. The van der Waals surface area contributed by atoms with Gasteiger partial charge in [-0.1, -0.05) is 63.2 Å². The summed E-state index contributed by atoms with van der Waals surface area (Å²) < 4.78 is 0. The highest BCUT2D eigenvalue weighted by Crippen LogP contribution is 2.45. The summed E-state index contributed by atoms with van der Waals surface area (Å²) in [7, 11) is 0. The summed E-state index contributed by atoms with van der Waals surface area (Å²) in [6.45, 7) is 6.43. The number of aromatic amines is 1. The average molecular weight is 414 g/mol. The topological polar surface area (TPSA) is 49.0 Å². The van der Waals surface area contributed by atoms with Crippen molar-refractivity contribution in [3.63, 3.8) is 0 Å². The lowest BCUT2D eigenvalue weighted by Crippen LogP contribution is -2.30. The van der Waals surface area contributed by atoms with Gasteiger partial charge in [-0.15, -0.1) is 0 Å². The van der Waals surface area contributed by atoms with Crippen LogP contribution >= 0.6 is 11.3 Å². The van der Waals surface area contributed by atoms with E-state index >= 15 is 0 Å². The van der Waals surface area contributed by atoms with E-state index in [4.69, 9.17) is 0 Å². The maximum atomic E-state index is 13.5. The van der Waals surface area contributed by atoms with Gasteiger partial charge in [0.15, 0.2) is 5.69 Å². The van der Waals surface area contributed by atoms with E-state index in [1.54, 1.807) is 11.3 Å². The van der Waals surface area contributed by atoms with Crippen LogP contribution in [-0.2, 0) is 5.41 Å². The van der Waals surface area contributed by atoms with E-state index in [0.29, 0.717) is 5.69 Å². The van der Waals surface area contributed by atoms with Crippen LogP contribution < -0.4 is 4.90 Å².